The van der Waals surface area contributed by atoms with E-state index in [1.54, 1.807) is 12.2 Å². The average molecular weight is 329 g/mol. The Bertz CT molecular complexity index is 853. The molecule has 1 aromatic heterocycles. The summed E-state index contributed by atoms with van der Waals surface area (Å²) in [5.74, 6) is 0.641. The quantitative estimate of drug-likeness (QED) is 0.565. The van der Waals surface area contributed by atoms with Gasteiger partial charge in [-0.1, -0.05) is 49.6 Å². The number of aromatic nitrogens is 2. The van der Waals surface area contributed by atoms with E-state index >= 15 is 0 Å². The smallest absolute Gasteiger partial charge is 0.160 e. The first kappa shape index (κ1) is 18.1. The Hall–Kier alpha value is -3.20. The average Bonchev–Trinajstić information content (AvgIpc) is 2.64. The summed E-state index contributed by atoms with van der Waals surface area (Å²) < 4.78 is 0. The van der Waals surface area contributed by atoms with E-state index in [1.807, 2.05) is 68.5 Å². The highest BCUT2D eigenvalue weighted by Crippen LogP contribution is 2.24. The predicted molar refractivity (Wildman–Crippen MR) is 109 cm³/mol. The van der Waals surface area contributed by atoms with Gasteiger partial charge in [0.25, 0.3) is 0 Å². The molecule has 0 amide bonds. The lowest BCUT2D eigenvalue weighted by Gasteiger charge is -2.10. The Kier molecular flexibility index (Phi) is 6.24. The van der Waals surface area contributed by atoms with E-state index in [9.17, 15) is 0 Å². The zero-order chi connectivity index (χ0) is 18.2. The summed E-state index contributed by atoms with van der Waals surface area (Å²) in [5, 5.41) is 0. The zero-order valence-corrected chi connectivity index (χ0v) is 14.7. The van der Waals surface area contributed by atoms with Crippen molar-refractivity contribution >= 4 is 16.8 Å². The number of nitrogens with two attached hydrogens (primary N) is 1. The second-order valence-corrected chi connectivity index (χ2v) is 5.38. The molecule has 0 saturated heterocycles. The van der Waals surface area contributed by atoms with Crippen molar-refractivity contribution in [3.63, 3.8) is 0 Å². The molecular weight excluding hydrogens is 306 g/mol. The third-order valence-electron chi connectivity index (χ3n) is 3.71. The van der Waals surface area contributed by atoms with Crippen molar-refractivity contribution in [2.75, 3.05) is 5.73 Å². The van der Waals surface area contributed by atoms with Gasteiger partial charge in [0.2, 0.25) is 0 Å². The molecule has 0 saturated carbocycles. The van der Waals surface area contributed by atoms with Crippen LogP contribution in [0, 0.1) is 0 Å². The summed E-state index contributed by atoms with van der Waals surface area (Å²) in [6.07, 6.45) is 11.5. The van der Waals surface area contributed by atoms with Gasteiger partial charge in [-0.05, 0) is 55.3 Å². The summed E-state index contributed by atoms with van der Waals surface area (Å²) >= 11 is 0. The minimum Gasteiger partial charge on any atom is -0.399 e. The molecule has 0 unspecified atom stereocenters. The fourth-order valence-corrected chi connectivity index (χ4v) is 2.33. The molecule has 0 aliphatic heterocycles. The zero-order valence-electron chi connectivity index (χ0n) is 14.7. The van der Waals surface area contributed by atoms with Crippen molar-refractivity contribution in [1.29, 1.82) is 0 Å². The van der Waals surface area contributed by atoms with Crippen molar-refractivity contribution in [2.45, 2.75) is 13.8 Å². The van der Waals surface area contributed by atoms with Gasteiger partial charge in [-0.15, -0.1) is 0 Å². The van der Waals surface area contributed by atoms with Crippen LogP contribution in [0.15, 0.2) is 79.9 Å². The monoisotopic (exact) mass is 329 g/mol. The van der Waals surface area contributed by atoms with Crippen LogP contribution in [0.1, 0.15) is 25.2 Å². The molecule has 2 aromatic rings. The van der Waals surface area contributed by atoms with Crippen molar-refractivity contribution in [1.82, 2.24) is 9.97 Å². The Balaban J connectivity index is 2.69. The summed E-state index contributed by atoms with van der Waals surface area (Å²) in [6, 6.07) is 9.49. The lowest BCUT2D eigenvalue weighted by molar-refractivity contribution is 1.13. The van der Waals surface area contributed by atoms with Gasteiger partial charge in [-0.3, -0.25) is 0 Å². The van der Waals surface area contributed by atoms with Crippen molar-refractivity contribution in [3.8, 4) is 11.4 Å². The third kappa shape index (κ3) is 4.42. The molecule has 0 aliphatic carbocycles. The van der Waals surface area contributed by atoms with Gasteiger partial charge in [0.15, 0.2) is 5.82 Å². The molecule has 0 atom stereocenters. The molecule has 3 heteroatoms. The highest BCUT2D eigenvalue weighted by Gasteiger charge is 2.10. The fourth-order valence-electron chi connectivity index (χ4n) is 2.33. The van der Waals surface area contributed by atoms with E-state index in [2.05, 4.69) is 13.2 Å². The summed E-state index contributed by atoms with van der Waals surface area (Å²) in [5.41, 5.74) is 10.9. The van der Waals surface area contributed by atoms with Crippen LogP contribution in [-0.4, -0.2) is 9.97 Å². The maximum Gasteiger partial charge on any atom is 0.160 e. The molecule has 126 valence electrons. The van der Waals surface area contributed by atoms with Crippen molar-refractivity contribution < 1.29 is 0 Å². The molecule has 0 bridgehead atoms. The molecule has 1 heterocycles. The van der Waals surface area contributed by atoms with Gasteiger partial charge in [0, 0.05) is 11.3 Å². The number of allylic oxidation sites excluding steroid dienone is 8. The van der Waals surface area contributed by atoms with Crippen LogP contribution in [-0.2, 0) is 0 Å². The number of nitrogens with zero attached hydrogens (tertiary/aromatic N) is 2. The van der Waals surface area contributed by atoms with E-state index in [-0.39, 0.29) is 0 Å². The second kappa shape index (κ2) is 8.60. The molecule has 0 radical (unpaired) electrons. The van der Waals surface area contributed by atoms with E-state index in [1.165, 1.54) is 0 Å². The maximum absolute atomic E-state index is 5.79. The molecule has 2 N–H and O–H groups in total. The Morgan fingerprint density at radius 2 is 1.56 bits per heavy atom. The number of hydrogen-bond donors (Lipinski definition) is 1. The van der Waals surface area contributed by atoms with Crippen LogP contribution in [0.4, 0.5) is 5.69 Å². The number of benzene rings is 1. The standard InChI is InChI=1S/C22H23N3/c1-5-9-10-17(8-4)21-15-20(16(6-2)7-3)24-22(25-21)18-11-13-19(23)14-12-18/h5-15H,2,4,23H2,1,3H3/b9-5-,16-7+,17-10+. The first-order chi connectivity index (χ1) is 12.1. The van der Waals surface area contributed by atoms with Gasteiger partial charge in [0.05, 0.1) is 11.4 Å². The van der Waals surface area contributed by atoms with Gasteiger partial charge in [0.1, 0.15) is 0 Å². The number of hydrogen-bond acceptors (Lipinski definition) is 3. The number of nitrogen functional groups attached to an aromatic ring is 1. The topological polar surface area (TPSA) is 51.8 Å². The Morgan fingerprint density at radius 3 is 2.08 bits per heavy atom. The lowest BCUT2D eigenvalue weighted by Crippen LogP contribution is -1.99. The normalized spacial score (nSPS) is 12.4. The number of anilines is 1. The SMILES string of the molecule is C=C/C(=C\C)c1cc(/C(C=C)=C/C=C\C)nc(-c2ccc(N)cc2)n1. The highest BCUT2D eigenvalue weighted by atomic mass is 14.9. The van der Waals surface area contributed by atoms with E-state index in [0.29, 0.717) is 11.5 Å². The first-order valence-corrected chi connectivity index (χ1v) is 8.12. The predicted octanol–water partition coefficient (Wildman–Crippen LogP) is 5.46. The summed E-state index contributed by atoms with van der Waals surface area (Å²) in [7, 11) is 0. The van der Waals surface area contributed by atoms with Crippen molar-refractivity contribution in [3.05, 3.63) is 91.3 Å². The summed E-state index contributed by atoms with van der Waals surface area (Å²) in [4.78, 5) is 9.42. The molecule has 0 aliphatic rings. The first-order valence-electron chi connectivity index (χ1n) is 8.12. The highest BCUT2D eigenvalue weighted by molar-refractivity contribution is 5.78. The molecule has 25 heavy (non-hydrogen) atoms. The minimum absolute atomic E-state index is 0.641. The van der Waals surface area contributed by atoms with Crippen LogP contribution in [0.2, 0.25) is 0 Å². The van der Waals surface area contributed by atoms with E-state index in [4.69, 9.17) is 15.7 Å². The maximum atomic E-state index is 5.79. The Morgan fingerprint density at radius 1 is 0.960 bits per heavy atom. The van der Waals surface area contributed by atoms with Gasteiger partial charge < -0.3 is 5.73 Å². The van der Waals surface area contributed by atoms with Gasteiger partial charge >= 0.3 is 0 Å². The molecule has 0 spiro atoms. The van der Waals surface area contributed by atoms with Crippen LogP contribution in [0.25, 0.3) is 22.5 Å². The van der Waals surface area contributed by atoms with Crippen LogP contribution in [0.3, 0.4) is 0 Å². The number of rotatable bonds is 6. The lowest BCUT2D eigenvalue weighted by atomic mass is 10.1. The summed E-state index contributed by atoms with van der Waals surface area (Å²) in [6.45, 7) is 11.7. The van der Waals surface area contributed by atoms with E-state index < -0.39 is 0 Å². The minimum atomic E-state index is 0.641. The van der Waals surface area contributed by atoms with Crippen LogP contribution in [0.5, 0.6) is 0 Å². The van der Waals surface area contributed by atoms with Gasteiger partial charge in [-0.2, -0.15) is 0 Å². The molecule has 1 aromatic carbocycles. The molecule has 0 fully saturated rings. The largest absolute Gasteiger partial charge is 0.399 e. The molecule has 2 rings (SSSR count). The fraction of sp³-hybridized carbons (Fsp3) is 0.0909. The van der Waals surface area contributed by atoms with Crippen LogP contribution < -0.4 is 5.73 Å². The third-order valence-corrected chi connectivity index (χ3v) is 3.71. The Labute approximate surface area is 149 Å². The van der Waals surface area contributed by atoms with Crippen LogP contribution >= 0.6 is 0 Å². The molecule has 3 nitrogen and oxygen atoms in total. The van der Waals surface area contributed by atoms with Crippen molar-refractivity contribution in [2.24, 2.45) is 0 Å². The van der Waals surface area contributed by atoms with Gasteiger partial charge in [-0.25, -0.2) is 9.97 Å². The van der Waals surface area contributed by atoms with E-state index in [0.717, 1.165) is 28.1 Å². The molecular formula is C22H23N3. The second-order valence-electron chi connectivity index (χ2n) is 5.38.